The molecule has 1 fully saturated rings. The van der Waals surface area contributed by atoms with E-state index in [1.54, 1.807) is 6.92 Å². The van der Waals surface area contributed by atoms with E-state index in [-0.39, 0.29) is 11.5 Å². The molecule has 110 valence electrons. The maximum Gasteiger partial charge on any atom is 0.326 e. The van der Waals surface area contributed by atoms with Crippen molar-refractivity contribution >= 4 is 12.0 Å². The van der Waals surface area contributed by atoms with Crippen LogP contribution in [0.15, 0.2) is 0 Å². The van der Waals surface area contributed by atoms with Gasteiger partial charge in [0.1, 0.15) is 6.04 Å². The van der Waals surface area contributed by atoms with E-state index in [0.717, 1.165) is 12.8 Å². The van der Waals surface area contributed by atoms with E-state index >= 15 is 0 Å². The van der Waals surface area contributed by atoms with E-state index in [9.17, 15) is 9.59 Å². The number of hydrogen-bond acceptors (Lipinski definition) is 3. The zero-order valence-corrected chi connectivity index (χ0v) is 11.9. The lowest BCUT2D eigenvalue weighted by molar-refractivity contribution is -0.140. The van der Waals surface area contributed by atoms with Crippen LogP contribution in [0.1, 0.15) is 40.0 Å². The second-order valence-corrected chi connectivity index (χ2v) is 5.43. The molecule has 0 radical (unpaired) electrons. The molecule has 1 aliphatic rings. The molecular formula is C13H24N2O4. The quantitative estimate of drug-likeness (QED) is 0.681. The van der Waals surface area contributed by atoms with Gasteiger partial charge in [0.15, 0.2) is 0 Å². The van der Waals surface area contributed by atoms with Crippen molar-refractivity contribution in [3.8, 4) is 0 Å². The van der Waals surface area contributed by atoms with Crippen molar-refractivity contribution in [3.63, 3.8) is 0 Å². The zero-order chi connectivity index (χ0) is 14.5. The average molecular weight is 272 g/mol. The summed E-state index contributed by atoms with van der Waals surface area (Å²) in [5, 5.41) is 14.3. The summed E-state index contributed by atoms with van der Waals surface area (Å²) in [5.41, 5.74) is -0.327. The van der Waals surface area contributed by atoms with E-state index in [4.69, 9.17) is 9.84 Å². The molecule has 1 aliphatic heterocycles. The standard InChI is InChI=1S/C13H24N2O4/c1-4-9(2)10(11(16)17)15-12(18)14-8-13(3)6-5-7-19-13/h9-10H,4-8H2,1-3H3,(H,16,17)(H2,14,15,18)/t9-,10-,13?/m0/s1. The number of carbonyl (C=O) groups is 2. The maximum absolute atomic E-state index is 11.7. The Balaban J connectivity index is 2.42. The fraction of sp³-hybridized carbons (Fsp3) is 0.846. The molecule has 1 unspecified atom stereocenters. The second-order valence-electron chi connectivity index (χ2n) is 5.43. The number of carboxylic acids is 1. The Morgan fingerprint density at radius 1 is 1.47 bits per heavy atom. The molecule has 19 heavy (non-hydrogen) atoms. The number of hydrogen-bond donors (Lipinski definition) is 3. The molecule has 1 saturated heterocycles. The van der Waals surface area contributed by atoms with Gasteiger partial charge >= 0.3 is 12.0 Å². The van der Waals surface area contributed by atoms with Crippen molar-refractivity contribution in [1.29, 1.82) is 0 Å². The topological polar surface area (TPSA) is 87.7 Å². The third-order valence-electron chi connectivity index (χ3n) is 3.69. The predicted octanol–water partition coefficient (Wildman–Crippen LogP) is 1.35. The summed E-state index contributed by atoms with van der Waals surface area (Å²) < 4.78 is 5.55. The zero-order valence-electron chi connectivity index (χ0n) is 11.9. The first kappa shape index (κ1) is 15.8. The Hall–Kier alpha value is -1.30. The highest BCUT2D eigenvalue weighted by atomic mass is 16.5. The molecule has 1 heterocycles. The average Bonchev–Trinajstić information content (AvgIpc) is 2.80. The van der Waals surface area contributed by atoms with Crippen LogP contribution in [0.25, 0.3) is 0 Å². The molecule has 6 heteroatoms. The third-order valence-corrected chi connectivity index (χ3v) is 3.69. The van der Waals surface area contributed by atoms with Crippen LogP contribution in [0.4, 0.5) is 4.79 Å². The van der Waals surface area contributed by atoms with Crippen LogP contribution in [-0.2, 0) is 9.53 Å². The van der Waals surface area contributed by atoms with Crippen molar-refractivity contribution < 1.29 is 19.4 Å². The van der Waals surface area contributed by atoms with Crippen molar-refractivity contribution in [2.75, 3.05) is 13.2 Å². The van der Waals surface area contributed by atoms with Gasteiger partial charge in [-0.1, -0.05) is 20.3 Å². The Morgan fingerprint density at radius 3 is 2.63 bits per heavy atom. The van der Waals surface area contributed by atoms with Gasteiger partial charge in [0.2, 0.25) is 0 Å². The Kier molecular flexibility index (Phi) is 5.60. The highest BCUT2D eigenvalue weighted by Crippen LogP contribution is 2.23. The van der Waals surface area contributed by atoms with Gasteiger partial charge < -0.3 is 20.5 Å². The molecule has 1 rings (SSSR count). The first-order valence-electron chi connectivity index (χ1n) is 6.79. The van der Waals surface area contributed by atoms with E-state index in [1.165, 1.54) is 0 Å². The van der Waals surface area contributed by atoms with Crippen molar-refractivity contribution in [2.45, 2.75) is 51.7 Å². The normalized spacial score (nSPS) is 25.6. The summed E-state index contributed by atoms with van der Waals surface area (Å²) in [6.07, 6.45) is 2.59. The lowest BCUT2D eigenvalue weighted by atomic mass is 9.99. The van der Waals surface area contributed by atoms with Gasteiger partial charge in [-0.3, -0.25) is 0 Å². The van der Waals surface area contributed by atoms with Crippen LogP contribution in [-0.4, -0.2) is 41.9 Å². The van der Waals surface area contributed by atoms with Gasteiger partial charge in [-0.2, -0.15) is 0 Å². The number of rotatable bonds is 6. The van der Waals surface area contributed by atoms with Gasteiger partial charge in [0.05, 0.1) is 5.60 Å². The number of amides is 2. The number of ether oxygens (including phenoxy) is 1. The summed E-state index contributed by atoms with van der Waals surface area (Å²) in [5.74, 6) is -1.12. The number of urea groups is 1. The first-order chi connectivity index (χ1) is 8.88. The van der Waals surface area contributed by atoms with Crippen molar-refractivity contribution in [3.05, 3.63) is 0 Å². The fourth-order valence-electron chi connectivity index (χ4n) is 2.12. The largest absolute Gasteiger partial charge is 0.480 e. The molecule has 6 nitrogen and oxygen atoms in total. The minimum absolute atomic E-state index is 0.110. The van der Waals surface area contributed by atoms with E-state index in [2.05, 4.69) is 10.6 Å². The molecule has 2 amide bonds. The van der Waals surface area contributed by atoms with Gasteiger partial charge in [0.25, 0.3) is 0 Å². The first-order valence-corrected chi connectivity index (χ1v) is 6.79. The van der Waals surface area contributed by atoms with Gasteiger partial charge in [-0.05, 0) is 25.7 Å². The molecule has 0 spiro atoms. The van der Waals surface area contributed by atoms with Crippen LogP contribution >= 0.6 is 0 Å². The molecule has 3 N–H and O–H groups in total. The van der Waals surface area contributed by atoms with E-state index in [1.807, 2.05) is 13.8 Å². The minimum Gasteiger partial charge on any atom is -0.480 e. The minimum atomic E-state index is -1.01. The monoisotopic (exact) mass is 272 g/mol. The lowest BCUT2D eigenvalue weighted by Gasteiger charge is -2.25. The summed E-state index contributed by atoms with van der Waals surface area (Å²) in [4.78, 5) is 22.8. The fourth-order valence-corrected chi connectivity index (χ4v) is 2.12. The van der Waals surface area contributed by atoms with Crippen molar-refractivity contribution in [1.82, 2.24) is 10.6 Å². The van der Waals surface area contributed by atoms with Gasteiger partial charge in [-0.25, -0.2) is 9.59 Å². The summed E-state index contributed by atoms with van der Waals surface area (Å²) in [7, 11) is 0. The third kappa shape index (κ3) is 4.70. The predicted molar refractivity (Wildman–Crippen MR) is 71.0 cm³/mol. The highest BCUT2D eigenvalue weighted by Gasteiger charge is 2.31. The number of carbonyl (C=O) groups excluding carboxylic acids is 1. The molecular weight excluding hydrogens is 248 g/mol. The number of aliphatic carboxylic acids is 1. The second kappa shape index (κ2) is 6.75. The van der Waals surface area contributed by atoms with Crippen LogP contribution in [0.3, 0.4) is 0 Å². The van der Waals surface area contributed by atoms with Gasteiger partial charge in [0, 0.05) is 13.2 Å². The Morgan fingerprint density at radius 2 is 2.16 bits per heavy atom. The molecule has 0 aliphatic carbocycles. The highest BCUT2D eigenvalue weighted by molar-refractivity contribution is 5.82. The molecule has 0 saturated carbocycles. The summed E-state index contributed by atoms with van der Waals surface area (Å²) >= 11 is 0. The Bertz CT molecular complexity index is 327. The summed E-state index contributed by atoms with van der Waals surface area (Å²) in [6.45, 7) is 6.76. The van der Waals surface area contributed by atoms with Crippen LogP contribution < -0.4 is 10.6 Å². The smallest absolute Gasteiger partial charge is 0.326 e. The lowest BCUT2D eigenvalue weighted by Crippen LogP contribution is -2.51. The van der Waals surface area contributed by atoms with Crippen molar-refractivity contribution in [2.24, 2.45) is 5.92 Å². The van der Waals surface area contributed by atoms with Crippen LogP contribution in [0.5, 0.6) is 0 Å². The van der Waals surface area contributed by atoms with E-state index < -0.39 is 18.0 Å². The molecule has 0 aromatic heterocycles. The van der Waals surface area contributed by atoms with E-state index in [0.29, 0.717) is 19.6 Å². The van der Waals surface area contributed by atoms with Gasteiger partial charge in [-0.15, -0.1) is 0 Å². The molecule has 0 aromatic rings. The number of carboxylic acid groups (broad SMARTS) is 1. The van der Waals surface area contributed by atoms with Crippen LogP contribution in [0.2, 0.25) is 0 Å². The van der Waals surface area contributed by atoms with Crippen LogP contribution in [0, 0.1) is 5.92 Å². The maximum atomic E-state index is 11.7. The Labute approximate surface area is 113 Å². The molecule has 0 bridgehead atoms. The summed E-state index contributed by atoms with van der Waals surface area (Å²) in [6, 6.07) is -1.31. The molecule has 0 aromatic carbocycles. The number of nitrogens with one attached hydrogen (secondary N) is 2. The SMILES string of the molecule is CC[C@H](C)[C@H](NC(=O)NCC1(C)CCCO1)C(=O)O. The molecule has 3 atom stereocenters.